The molecule has 5 heteroatoms. The van der Waals surface area contributed by atoms with E-state index in [1.807, 2.05) is 29.3 Å². The number of alkyl halides is 1. The third-order valence-corrected chi connectivity index (χ3v) is 4.11. The van der Waals surface area contributed by atoms with Crippen molar-refractivity contribution in [3.05, 3.63) is 36.2 Å². The van der Waals surface area contributed by atoms with Crippen molar-refractivity contribution in [1.82, 2.24) is 14.5 Å². The first-order valence-corrected chi connectivity index (χ1v) is 7.72. The Morgan fingerprint density at radius 1 is 1.47 bits per heavy atom. The average molecular weight is 322 g/mol. The molecule has 0 atom stereocenters. The van der Waals surface area contributed by atoms with E-state index >= 15 is 0 Å². The standard InChI is InChI=1S/C14H16BrN3O/c15-7-9-17(11-4-3-5-11)14(19)12-10-16-18-8-2-1-6-13(12)18/h1-2,6,8,10-11H,3-5,7,9H2. The van der Waals surface area contributed by atoms with E-state index in [-0.39, 0.29) is 5.91 Å². The summed E-state index contributed by atoms with van der Waals surface area (Å²) in [6.45, 7) is 0.758. The zero-order valence-corrected chi connectivity index (χ0v) is 12.2. The van der Waals surface area contributed by atoms with Gasteiger partial charge in [-0.25, -0.2) is 4.52 Å². The van der Waals surface area contributed by atoms with Gasteiger partial charge in [-0.3, -0.25) is 4.79 Å². The average Bonchev–Trinajstić information content (AvgIpc) is 2.79. The number of hydrogen-bond acceptors (Lipinski definition) is 2. The Labute approximate surface area is 120 Å². The number of rotatable bonds is 4. The van der Waals surface area contributed by atoms with Gasteiger partial charge in [-0.05, 0) is 31.4 Å². The lowest BCUT2D eigenvalue weighted by atomic mass is 9.91. The summed E-state index contributed by atoms with van der Waals surface area (Å²) in [5.41, 5.74) is 1.58. The minimum atomic E-state index is 0.102. The number of fused-ring (bicyclic) bond motifs is 1. The number of amides is 1. The topological polar surface area (TPSA) is 37.6 Å². The Morgan fingerprint density at radius 2 is 2.32 bits per heavy atom. The zero-order chi connectivity index (χ0) is 13.2. The van der Waals surface area contributed by atoms with Crippen LogP contribution >= 0.6 is 15.9 Å². The number of halogens is 1. The lowest BCUT2D eigenvalue weighted by molar-refractivity contribution is 0.0601. The molecule has 4 nitrogen and oxygen atoms in total. The van der Waals surface area contributed by atoms with Gasteiger partial charge in [-0.1, -0.05) is 22.0 Å². The highest BCUT2D eigenvalue weighted by molar-refractivity contribution is 9.09. The number of nitrogens with zero attached hydrogens (tertiary/aromatic N) is 3. The fourth-order valence-corrected chi connectivity index (χ4v) is 2.88. The van der Waals surface area contributed by atoms with Crippen LogP contribution in [0.2, 0.25) is 0 Å². The molecule has 0 saturated heterocycles. The van der Waals surface area contributed by atoms with Crippen LogP contribution in [-0.2, 0) is 0 Å². The highest BCUT2D eigenvalue weighted by Gasteiger charge is 2.30. The molecule has 1 aliphatic carbocycles. The van der Waals surface area contributed by atoms with Gasteiger partial charge in [-0.15, -0.1) is 0 Å². The number of hydrogen-bond donors (Lipinski definition) is 0. The molecule has 0 unspecified atom stereocenters. The van der Waals surface area contributed by atoms with Crippen LogP contribution in [0, 0.1) is 0 Å². The molecule has 2 aromatic heterocycles. The summed E-state index contributed by atoms with van der Waals surface area (Å²) < 4.78 is 1.75. The first kappa shape index (κ1) is 12.7. The van der Waals surface area contributed by atoms with Gasteiger partial charge >= 0.3 is 0 Å². The highest BCUT2D eigenvalue weighted by atomic mass is 79.9. The monoisotopic (exact) mass is 321 g/mol. The van der Waals surface area contributed by atoms with E-state index in [0.29, 0.717) is 11.6 Å². The predicted octanol–water partition coefficient (Wildman–Crippen LogP) is 2.72. The summed E-state index contributed by atoms with van der Waals surface area (Å²) in [5, 5.41) is 5.06. The molecule has 0 spiro atoms. The van der Waals surface area contributed by atoms with Crippen LogP contribution in [0.5, 0.6) is 0 Å². The van der Waals surface area contributed by atoms with Gasteiger partial charge in [0.2, 0.25) is 0 Å². The molecular formula is C14H16BrN3O. The van der Waals surface area contributed by atoms with Crippen molar-refractivity contribution in [2.45, 2.75) is 25.3 Å². The Morgan fingerprint density at radius 3 is 3.00 bits per heavy atom. The van der Waals surface area contributed by atoms with Crippen molar-refractivity contribution in [3.63, 3.8) is 0 Å². The minimum absolute atomic E-state index is 0.102. The minimum Gasteiger partial charge on any atom is -0.335 e. The van der Waals surface area contributed by atoms with Crippen molar-refractivity contribution >= 4 is 27.4 Å². The van der Waals surface area contributed by atoms with E-state index < -0.39 is 0 Å². The molecule has 0 N–H and O–H groups in total. The largest absolute Gasteiger partial charge is 0.335 e. The molecule has 0 aliphatic heterocycles. The number of aromatic nitrogens is 2. The molecule has 19 heavy (non-hydrogen) atoms. The van der Waals surface area contributed by atoms with E-state index in [1.165, 1.54) is 6.42 Å². The van der Waals surface area contributed by atoms with E-state index in [4.69, 9.17) is 0 Å². The lowest BCUT2D eigenvalue weighted by Crippen LogP contribution is -2.45. The first-order chi connectivity index (χ1) is 9.31. The molecule has 0 aromatic carbocycles. The van der Waals surface area contributed by atoms with Crippen molar-refractivity contribution in [1.29, 1.82) is 0 Å². The van der Waals surface area contributed by atoms with Crippen LogP contribution in [0.15, 0.2) is 30.6 Å². The molecule has 1 fully saturated rings. The maximum absolute atomic E-state index is 12.7. The quantitative estimate of drug-likeness (QED) is 0.812. The number of pyridine rings is 1. The zero-order valence-electron chi connectivity index (χ0n) is 10.6. The second-order valence-electron chi connectivity index (χ2n) is 4.86. The summed E-state index contributed by atoms with van der Waals surface area (Å²) in [5.74, 6) is 0.102. The van der Waals surface area contributed by atoms with Crippen LogP contribution in [0.1, 0.15) is 29.6 Å². The second-order valence-corrected chi connectivity index (χ2v) is 5.65. The van der Waals surface area contributed by atoms with Crippen molar-refractivity contribution in [2.75, 3.05) is 11.9 Å². The molecule has 3 rings (SSSR count). The summed E-state index contributed by atoms with van der Waals surface area (Å²) in [7, 11) is 0. The number of carbonyl (C=O) groups is 1. The second kappa shape index (κ2) is 5.33. The predicted molar refractivity (Wildman–Crippen MR) is 77.7 cm³/mol. The van der Waals surface area contributed by atoms with Gasteiger partial charge in [0, 0.05) is 24.1 Å². The molecule has 0 radical (unpaired) electrons. The summed E-state index contributed by atoms with van der Waals surface area (Å²) in [6, 6.07) is 6.19. The lowest BCUT2D eigenvalue weighted by Gasteiger charge is -2.37. The highest BCUT2D eigenvalue weighted by Crippen LogP contribution is 2.27. The van der Waals surface area contributed by atoms with Crippen LogP contribution < -0.4 is 0 Å². The van der Waals surface area contributed by atoms with Gasteiger partial charge in [0.05, 0.1) is 17.3 Å². The van der Waals surface area contributed by atoms with Gasteiger partial charge in [-0.2, -0.15) is 5.10 Å². The first-order valence-electron chi connectivity index (χ1n) is 6.60. The molecule has 1 amide bonds. The third kappa shape index (κ3) is 2.27. The SMILES string of the molecule is O=C(c1cnn2ccccc12)N(CCBr)C1CCC1. The van der Waals surface area contributed by atoms with Crippen molar-refractivity contribution in [3.8, 4) is 0 Å². The van der Waals surface area contributed by atoms with Gasteiger partial charge in [0.15, 0.2) is 0 Å². The smallest absolute Gasteiger partial charge is 0.257 e. The van der Waals surface area contributed by atoms with Crippen LogP contribution in [0.3, 0.4) is 0 Å². The van der Waals surface area contributed by atoms with Gasteiger partial charge in [0.1, 0.15) is 0 Å². The maximum atomic E-state index is 12.7. The fraction of sp³-hybridized carbons (Fsp3) is 0.429. The van der Waals surface area contributed by atoms with Gasteiger partial charge in [0.25, 0.3) is 5.91 Å². The summed E-state index contributed by atoms with van der Waals surface area (Å²) in [6.07, 6.45) is 7.02. The molecule has 2 heterocycles. The van der Waals surface area contributed by atoms with E-state index in [9.17, 15) is 4.79 Å². The molecule has 100 valence electrons. The van der Waals surface area contributed by atoms with Crippen LogP contribution in [-0.4, -0.2) is 38.3 Å². The Kier molecular flexibility index (Phi) is 3.55. The molecular weight excluding hydrogens is 306 g/mol. The van der Waals surface area contributed by atoms with Crippen LogP contribution in [0.25, 0.3) is 5.52 Å². The Hall–Kier alpha value is -1.36. The van der Waals surface area contributed by atoms with E-state index in [2.05, 4.69) is 21.0 Å². The van der Waals surface area contributed by atoms with Gasteiger partial charge < -0.3 is 4.90 Å². The normalized spacial score (nSPS) is 15.4. The number of carbonyl (C=O) groups excluding carboxylic acids is 1. The summed E-state index contributed by atoms with van der Waals surface area (Å²) in [4.78, 5) is 14.7. The fourth-order valence-electron chi connectivity index (χ4n) is 2.49. The maximum Gasteiger partial charge on any atom is 0.257 e. The van der Waals surface area contributed by atoms with E-state index in [1.54, 1.807) is 10.7 Å². The molecule has 1 aliphatic rings. The third-order valence-electron chi connectivity index (χ3n) is 3.76. The van der Waals surface area contributed by atoms with Crippen LogP contribution in [0.4, 0.5) is 0 Å². The Bertz CT molecular complexity index is 591. The van der Waals surface area contributed by atoms with E-state index in [0.717, 1.165) is 30.2 Å². The van der Waals surface area contributed by atoms with Crippen molar-refractivity contribution < 1.29 is 4.79 Å². The Balaban J connectivity index is 1.92. The molecule has 2 aromatic rings. The molecule has 0 bridgehead atoms. The van der Waals surface area contributed by atoms with Crippen molar-refractivity contribution in [2.24, 2.45) is 0 Å². The molecule has 1 saturated carbocycles. The summed E-state index contributed by atoms with van der Waals surface area (Å²) >= 11 is 3.44.